The first-order valence-electron chi connectivity index (χ1n) is 8.79. The molecule has 0 heterocycles. The van der Waals surface area contributed by atoms with Gasteiger partial charge in [-0.2, -0.15) is 0 Å². The number of ether oxygens (including phenoxy) is 1. The Bertz CT molecular complexity index is 597. The predicted octanol–water partition coefficient (Wildman–Crippen LogP) is 3.80. The van der Waals surface area contributed by atoms with Crippen LogP contribution in [0.25, 0.3) is 0 Å². The number of benzene rings is 1. The summed E-state index contributed by atoms with van der Waals surface area (Å²) in [5.41, 5.74) is 3.83. The summed E-state index contributed by atoms with van der Waals surface area (Å²) in [6.45, 7) is 10.0. The second kappa shape index (κ2) is 10.6. The van der Waals surface area contributed by atoms with Gasteiger partial charge in [0.25, 0.3) is 0 Å². The van der Waals surface area contributed by atoms with Gasteiger partial charge in [-0.1, -0.05) is 25.1 Å². The zero-order valence-corrected chi connectivity index (χ0v) is 18.4. The molecule has 0 aliphatic heterocycles. The Kier molecular flexibility index (Phi) is 9.55. The van der Waals surface area contributed by atoms with Gasteiger partial charge in [-0.05, 0) is 68.4 Å². The van der Waals surface area contributed by atoms with Crippen molar-refractivity contribution in [3.63, 3.8) is 0 Å². The number of hydrogen-bond acceptors (Lipinski definition) is 3. The molecule has 0 aromatic heterocycles. The Morgan fingerprint density at radius 3 is 2.64 bits per heavy atom. The van der Waals surface area contributed by atoms with Gasteiger partial charge in [0.2, 0.25) is 0 Å². The van der Waals surface area contributed by atoms with E-state index in [0.717, 1.165) is 12.8 Å². The van der Waals surface area contributed by atoms with E-state index >= 15 is 0 Å². The second-order valence-electron chi connectivity index (χ2n) is 6.89. The van der Waals surface area contributed by atoms with E-state index in [1.807, 2.05) is 13.0 Å². The van der Waals surface area contributed by atoms with Gasteiger partial charge in [-0.3, -0.25) is 4.79 Å². The normalized spacial score (nSPS) is 26.0. The summed E-state index contributed by atoms with van der Waals surface area (Å²) in [6.07, 6.45) is 5.27. The minimum absolute atomic E-state index is 0. The SMILES string of the molecule is [CH2-]CO/C=C\C[C@H]1C(O)C(C)C(=O)[C@@H]1CCc1ccc(C)c(C)c1.[Y]. The Balaban J connectivity index is 0.00000312. The number of carbonyl (C=O) groups excluding carboxylic acids is 1. The fourth-order valence-electron chi connectivity index (χ4n) is 3.62. The van der Waals surface area contributed by atoms with Gasteiger partial charge in [-0.25, -0.2) is 0 Å². The summed E-state index contributed by atoms with van der Waals surface area (Å²) in [5.74, 6) is -0.186. The minimum Gasteiger partial charge on any atom is -0.533 e. The molecule has 2 rings (SSSR count). The summed E-state index contributed by atoms with van der Waals surface area (Å²) in [4.78, 5) is 12.5. The Morgan fingerprint density at radius 2 is 2.00 bits per heavy atom. The molecule has 4 heteroatoms. The zero-order chi connectivity index (χ0) is 17.7. The number of carbonyl (C=O) groups is 1. The molecule has 1 aliphatic rings. The van der Waals surface area contributed by atoms with Crippen LogP contribution in [-0.2, 0) is 48.7 Å². The van der Waals surface area contributed by atoms with Crippen molar-refractivity contribution in [1.29, 1.82) is 0 Å². The topological polar surface area (TPSA) is 46.5 Å². The fourth-order valence-corrected chi connectivity index (χ4v) is 3.62. The third kappa shape index (κ3) is 5.74. The molecule has 1 aliphatic carbocycles. The summed E-state index contributed by atoms with van der Waals surface area (Å²) in [6, 6.07) is 6.47. The second-order valence-corrected chi connectivity index (χ2v) is 6.89. The number of aliphatic hydroxyl groups is 1. The summed E-state index contributed by atoms with van der Waals surface area (Å²) in [5, 5.41) is 10.4. The van der Waals surface area contributed by atoms with Crippen LogP contribution in [0, 0.1) is 38.5 Å². The van der Waals surface area contributed by atoms with E-state index in [1.165, 1.54) is 16.7 Å². The van der Waals surface area contributed by atoms with E-state index < -0.39 is 6.10 Å². The van der Waals surface area contributed by atoms with Crippen LogP contribution in [0.2, 0.25) is 0 Å². The van der Waals surface area contributed by atoms with Crippen molar-refractivity contribution in [3.8, 4) is 0 Å². The smallest absolute Gasteiger partial charge is 0.141 e. The number of aliphatic hydroxyl groups excluding tert-OH is 1. The summed E-state index contributed by atoms with van der Waals surface area (Å²) < 4.78 is 5.11. The van der Waals surface area contributed by atoms with Crippen molar-refractivity contribution in [3.05, 3.63) is 54.2 Å². The van der Waals surface area contributed by atoms with Gasteiger partial charge in [-0.15, -0.1) is 0 Å². The van der Waals surface area contributed by atoms with Crippen LogP contribution in [0.5, 0.6) is 0 Å². The maximum atomic E-state index is 12.5. The molecule has 3 nitrogen and oxygen atoms in total. The summed E-state index contributed by atoms with van der Waals surface area (Å²) in [7, 11) is 0. The molecule has 135 valence electrons. The number of rotatable bonds is 7. The first-order chi connectivity index (χ1) is 11.5. The van der Waals surface area contributed by atoms with Crippen LogP contribution >= 0.6 is 0 Å². The van der Waals surface area contributed by atoms with Crippen molar-refractivity contribution in [2.24, 2.45) is 17.8 Å². The maximum Gasteiger partial charge on any atom is 0.141 e. The van der Waals surface area contributed by atoms with Gasteiger partial charge in [0.15, 0.2) is 0 Å². The first kappa shape index (κ1) is 22.5. The summed E-state index contributed by atoms with van der Waals surface area (Å²) >= 11 is 0. The third-order valence-corrected chi connectivity index (χ3v) is 5.32. The van der Waals surface area contributed by atoms with E-state index in [2.05, 4.69) is 39.0 Å². The number of Topliss-reactive ketones (excluding diaryl/α,β-unsaturated/α-hetero) is 1. The van der Waals surface area contributed by atoms with Crippen molar-refractivity contribution >= 4 is 5.78 Å². The van der Waals surface area contributed by atoms with Crippen LogP contribution < -0.4 is 0 Å². The first-order valence-corrected chi connectivity index (χ1v) is 8.79. The fraction of sp³-hybridized carbons (Fsp3) is 0.524. The zero-order valence-electron chi connectivity index (χ0n) is 15.6. The molecular weight excluding hydrogens is 389 g/mol. The standard InChI is InChI=1S/C21H29O3.Y/c1-5-24-12-6-7-18-19(21(23)16(4)20(18)22)11-10-17-9-8-14(2)15(3)13-17;/h6,8-9,12-13,16,18-20,22H,1,5,7,10-11H2,2-4H3;/q-1;/b12-6-;/t16?,18-,19-,20?;/m1./s1. The van der Waals surface area contributed by atoms with Crippen molar-refractivity contribution in [2.75, 3.05) is 6.61 Å². The van der Waals surface area contributed by atoms with Crippen molar-refractivity contribution in [1.82, 2.24) is 0 Å². The minimum atomic E-state index is -0.563. The molecule has 1 aromatic rings. The van der Waals surface area contributed by atoms with Crippen molar-refractivity contribution in [2.45, 2.75) is 46.1 Å². The molecule has 1 aromatic carbocycles. The Morgan fingerprint density at radius 1 is 1.28 bits per heavy atom. The molecule has 1 N–H and O–H groups in total. The third-order valence-electron chi connectivity index (χ3n) is 5.32. The van der Waals surface area contributed by atoms with E-state index in [0.29, 0.717) is 13.0 Å². The molecule has 1 fully saturated rings. The molecule has 1 saturated carbocycles. The molecule has 25 heavy (non-hydrogen) atoms. The largest absolute Gasteiger partial charge is 0.533 e. The van der Waals surface area contributed by atoms with Crippen LogP contribution in [0.3, 0.4) is 0 Å². The molecule has 0 amide bonds. The number of aryl methyl sites for hydroxylation is 3. The van der Waals surface area contributed by atoms with Gasteiger partial charge < -0.3 is 16.8 Å². The van der Waals surface area contributed by atoms with Crippen LogP contribution in [0.4, 0.5) is 0 Å². The Hall–Kier alpha value is -0.506. The average Bonchev–Trinajstić information content (AvgIpc) is 2.77. The van der Waals surface area contributed by atoms with Crippen LogP contribution in [-0.4, -0.2) is 23.6 Å². The molecule has 0 bridgehead atoms. The van der Waals surface area contributed by atoms with E-state index in [-0.39, 0.29) is 56.2 Å². The molecular formula is C21H29O3Y-. The molecule has 0 spiro atoms. The van der Waals surface area contributed by atoms with E-state index in [4.69, 9.17) is 4.74 Å². The predicted molar refractivity (Wildman–Crippen MR) is 96.5 cm³/mol. The van der Waals surface area contributed by atoms with Gasteiger partial charge in [0.05, 0.1) is 12.4 Å². The van der Waals surface area contributed by atoms with Crippen LogP contribution in [0.1, 0.15) is 36.5 Å². The molecule has 0 saturated heterocycles. The maximum absolute atomic E-state index is 12.5. The number of allylic oxidation sites excluding steroid dienone is 1. The van der Waals surface area contributed by atoms with Gasteiger partial charge >= 0.3 is 0 Å². The van der Waals surface area contributed by atoms with Gasteiger partial charge in [0, 0.05) is 44.5 Å². The van der Waals surface area contributed by atoms with Gasteiger partial charge in [0.1, 0.15) is 5.78 Å². The van der Waals surface area contributed by atoms with Crippen molar-refractivity contribution < 1.29 is 47.3 Å². The average molecular weight is 418 g/mol. The van der Waals surface area contributed by atoms with Crippen LogP contribution in [0.15, 0.2) is 30.5 Å². The Labute approximate surface area is 177 Å². The molecule has 4 atom stereocenters. The number of ketones is 1. The number of hydrogen-bond donors (Lipinski definition) is 1. The molecule has 1 radical (unpaired) electrons. The van der Waals surface area contributed by atoms with E-state index in [1.54, 1.807) is 6.26 Å². The monoisotopic (exact) mass is 418 g/mol. The van der Waals surface area contributed by atoms with E-state index in [9.17, 15) is 9.90 Å². The quantitative estimate of drug-likeness (QED) is 0.541. The molecule has 2 unspecified atom stereocenters.